The van der Waals surface area contributed by atoms with Crippen molar-refractivity contribution in [1.82, 2.24) is 24.1 Å². The summed E-state index contributed by atoms with van der Waals surface area (Å²) in [4.78, 5) is 21.7. The first kappa shape index (κ1) is 27.4. The Morgan fingerprint density at radius 3 is 2.57 bits per heavy atom. The van der Waals surface area contributed by atoms with Crippen LogP contribution in [0.15, 0.2) is 29.6 Å². The molecule has 1 aliphatic rings. The predicted molar refractivity (Wildman–Crippen MR) is 136 cm³/mol. The summed E-state index contributed by atoms with van der Waals surface area (Å²) in [5.41, 5.74) is 3.03. The summed E-state index contributed by atoms with van der Waals surface area (Å²) in [7, 11) is 1.86. The third kappa shape index (κ3) is 7.00. The lowest BCUT2D eigenvalue weighted by Gasteiger charge is -2.31. The maximum atomic E-state index is 13.8. The summed E-state index contributed by atoms with van der Waals surface area (Å²) in [6.45, 7) is 4.65. The molecule has 0 spiro atoms. The summed E-state index contributed by atoms with van der Waals surface area (Å²) >= 11 is 2.58. The second-order valence-electron chi connectivity index (χ2n) is 9.54. The molecular weight excluding hydrogens is 527 g/mol. The number of halogens is 3. The van der Waals surface area contributed by atoms with E-state index in [1.807, 2.05) is 13.2 Å². The summed E-state index contributed by atoms with van der Waals surface area (Å²) in [6.07, 6.45) is 1.37. The zero-order valence-electron chi connectivity index (χ0n) is 20.5. The SMILES string of the molecule is Cn1cc(SN2CCC(Nc3ncc(C(F)(F)F)c(-c4cc(C(N)=O)c(CC(C)(C)O)s4)n3)CC2)cn1. The van der Waals surface area contributed by atoms with Crippen molar-refractivity contribution in [2.24, 2.45) is 12.8 Å². The highest BCUT2D eigenvalue weighted by molar-refractivity contribution is 7.97. The van der Waals surface area contributed by atoms with E-state index < -0.39 is 23.2 Å². The molecule has 1 fully saturated rings. The molecule has 1 saturated heterocycles. The lowest BCUT2D eigenvalue weighted by Crippen LogP contribution is -2.36. The molecule has 200 valence electrons. The number of alkyl halides is 3. The van der Waals surface area contributed by atoms with Gasteiger partial charge < -0.3 is 16.2 Å². The first-order valence-corrected chi connectivity index (χ1v) is 13.1. The van der Waals surface area contributed by atoms with E-state index in [1.165, 1.54) is 6.07 Å². The molecular formula is C23H28F3N7O2S2. The molecule has 1 aliphatic heterocycles. The van der Waals surface area contributed by atoms with Gasteiger partial charge in [0.2, 0.25) is 11.9 Å². The molecule has 0 unspecified atom stereocenters. The number of aliphatic hydroxyl groups is 1. The average molecular weight is 556 g/mol. The number of piperidine rings is 1. The summed E-state index contributed by atoms with van der Waals surface area (Å²) < 4.78 is 45.5. The van der Waals surface area contributed by atoms with Gasteiger partial charge in [-0.15, -0.1) is 11.3 Å². The number of hydrogen-bond acceptors (Lipinski definition) is 9. The number of amides is 1. The fourth-order valence-electron chi connectivity index (χ4n) is 3.99. The second-order valence-corrected chi connectivity index (χ2v) is 11.9. The summed E-state index contributed by atoms with van der Waals surface area (Å²) in [5.74, 6) is -0.696. The summed E-state index contributed by atoms with van der Waals surface area (Å²) in [6, 6.07) is 1.30. The molecule has 14 heteroatoms. The molecule has 0 aliphatic carbocycles. The number of anilines is 1. The Morgan fingerprint density at radius 1 is 1.30 bits per heavy atom. The van der Waals surface area contributed by atoms with Gasteiger partial charge in [-0.2, -0.15) is 18.3 Å². The Balaban J connectivity index is 1.54. The van der Waals surface area contributed by atoms with Gasteiger partial charge in [-0.05, 0) is 44.7 Å². The van der Waals surface area contributed by atoms with E-state index in [0.29, 0.717) is 4.88 Å². The topological polar surface area (TPSA) is 122 Å². The van der Waals surface area contributed by atoms with Crippen molar-refractivity contribution >= 4 is 35.1 Å². The quantitative estimate of drug-likeness (QED) is 0.357. The third-order valence-corrected chi connectivity index (χ3v) is 7.88. The second kappa shape index (κ2) is 10.6. The normalized spacial score (nSPS) is 15.8. The Morgan fingerprint density at radius 2 is 2.00 bits per heavy atom. The van der Waals surface area contributed by atoms with E-state index in [4.69, 9.17) is 5.73 Å². The number of thiophene rings is 1. The standard InChI is InChI=1S/C23H28F3N7O2S2/c1-22(2,35)9-18-15(20(27)34)8-17(36-18)19-16(23(24,25)26)11-28-21(31-19)30-13-4-6-33(7-5-13)37-14-10-29-32(3)12-14/h8,10-13,35H,4-7,9H2,1-3H3,(H2,27,34)(H,28,30,31). The van der Waals surface area contributed by atoms with E-state index in [1.54, 1.807) is 36.7 Å². The monoisotopic (exact) mass is 555 g/mol. The summed E-state index contributed by atoms with van der Waals surface area (Å²) in [5, 5.41) is 17.5. The fraction of sp³-hybridized carbons (Fsp3) is 0.478. The minimum Gasteiger partial charge on any atom is -0.390 e. The Hall–Kier alpha value is -2.68. The van der Waals surface area contributed by atoms with E-state index in [-0.39, 0.29) is 34.5 Å². The zero-order valence-corrected chi connectivity index (χ0v) is 22.2. The number of primary amides is 1. The smallest absolute Gasteiger partial charge is 0.390 e. The maximum absolute atomic E-state index is 13.8. The van der Waals surface area contributed by atoms with Crippen molar-refractivity contribution in [1.29, 1.82) is 0 Å². The first-order chi connectivity index (χ1) is 17.3. The van der Waals surface area contributed by atoms with Crippen LogP contribution in [-0.4, -0.2) is 59.8 Å². The zero-order chi connectivity index (χ0) is 27.0. The van der Waals surface area contributed by atoms with Gasteiger partial charge in [-0.1, -0.05) is 0 Å². The highest BCUT2D eigenvalue weighted by Gasteiger charge is 2.37. The van der Waals surface area contributed by atoms with Crippen LogP contribution in [0, 0.1) is 0 Å². The molecule has 4 heterocycles. The number of nitrogens with two attached hydrogens (primary N) is 1. The number of aromatic nitrogens is 4. The van der Waals surface area contributed by atoms with Crippen LogP contribution < -0.4 is 11.1 Å². The molecule has 0 saturated carbocycles. The van der Waals surface area contributed by atoms with Gasteiger partial charge in [-0.25, -0.2) is 14.3 Å². The van der Waals surface area contributed by atoms with E-state index in [2.05, 4.69) is 24.7 Å². The molecule has 0 aromatic carbocycles. The van der Waals surface area contributed by atoms with Gasteiger partial charge >= 0.3 is 6.18 Å². The third-order valence-electron chi connectivity index (χ3n) is 5.70. The van der Waals surface area contributed by atoms with Crippen LogP contribution in [0.3, 0.4) is 0 Å². The minimum atomic E-state index is -4.70. The number of carbonyl (C=O) groups excluding carboxylic acids is 1. The van der Waals surface area contributed by atoms with Crippen molar-refractivity contribution in [2.75, 3.05) is 18.4 Å². The molecule has 9 nitrogen and oxygen atoms in total. The lowest BCUT2D eigenvalue weighted by atomic mass is 10.0. The van der Waals surface area contributed by atoms with Crippen molar-refractivity contribution in [2.45, 2.75) is 55.8 Å². The predicted octanol–water partition coefficient (Wildman–Crippen LogP) is 3.95. The Bertz CT molecular complexity index is 1260. The van der Waals surface area contributed by atoms with Crippen molar-refractivity contribution in [3.05, 3.63) is 40.7 Å². The molecule has 3 aromatic heterocycles. The molecule has 0 atom stereocenters. The minimum absolute atomic E-state index is 0.00870. The van der Waals surface area contributed by atoms with E-state index in [9.17, 15) is 23.1 Å². The number of carbonyl (C=O) groups is 1. The Labute approximate surface area is 220 Å². The van der Waals surface area contributed by atoms with Crippen LogP contribution in [0.1, 0.15) is 47.5 Å². The first-order valence-electron chi connectivity index (χ1n) is 11.6. The van der Waals surface area contributed by atoms with E-state index in [0.717, 1.165) is 48.4 Å². The molecule has 3 aromatic rings. The number of hydrogen-bond donors (Lipinski definition) is 3. The Kier molecular flexibility index (Phi) is 7.83. The highest BCUT2D eigenvalue weighted by atomic mass is 32.2. The highest BCUT2D eigenvalue weighted by Crippen LogP contribution is 2.40. The number of rotatable bonds is 8. The molecule has 4 N–H and O–H groups in total. The van der Waals surface area contributed by atoms with Gasteiger partial charge in [0.1, 0.15) is 5.56 Å². The van der Waals surface area contributed by atoms with Gasteiger partial charge in [0.05, 0.1) is 32.8 Å². The number of nitrogens with zero attached hydrogens (tertiary/aromatic N) is 5. The molecule has 0 bridgehead atoms. The van der Waals surface area contributed by atoms with Gasteiger partial charge in [0.15, 0.2) is 0 Å². The van der Waals surface area contributed by atoms with Crippen LogP contribution >= 0.6 is 23.3 Å². The largest absolute Gasteiger partial charge is 0.420 e. The van der Waals surface area contributed by atoms with Gasteiger partial charge in [0, 0.05) is 49.9 Å². The molecule has 0 radical (unpaired) electrons. The van der Waals surface area contributed by atoms with Crippen molar-refractivity contribution in [3.8, 4) is 10.6 Å². The maximum Gasteiger partial charge on any atom is 0.420 e. The van der Waals surface area contributed by atoms with Crippen molar-refractivity contribution < 1.29 is 23.1 Å². The van der Waals surface area contributed by atoms with Crippen LogP contribution in [0.5, 0.6) is 0 Å². The average Bonchev–Trinajstić information content (AvgIpc) is 3.39. The van der Waals surface area contributed by atoms with E-state index >= 15 is 0 Å². The lowest BCUT2D eigenvalue weighted by molar-refractivity contribution is -0.137. The van der Waals surface area contributed by atoms with Crippen molar-refractivity contribution in [3.63, 3.8) is 0 Å². The fourth-order valence-corrected chi connectivity index (χ4v) is 6.37. The van der Waals surface area contributed by atoms with Crippen LogP contribution in [0.4, 0.5) is 19.1 Å². The molecule has 4 rings (SSSR count). The van der Waals surface area contributed by atoms with Gasteiger partial charge in [-0.3, -0.25) is 9.48 Å². The van der Waals surface area contributed by atoms with Gasteiger partial charge in [0.25, 0.3) is 0 Å². The number of nitrogens with one attached hydrogen (secondary N) is 1. The van der Waals surface area contributed by atoms with Crippen LogP contribution in [0.2, 0.25) is 0 Å². The van der Waals surface area contributed by atoms with Crippen LogP contribution in [0.25, 0.3) is 10.6 Å². The number of aryl methyl sites for hydroxylation is 1. The molecule has 37 heavy (non-hydrogen) atoms. The molecule has 1 amide bonds. The van der Waals surface area contributed by atoms with Crippen LogP contribution in [-0.2, 0) is 19.6 Å².